The van der Waals surface area contributed by atoms with E-state index in [-0.39, 0.29) is 47.0 Å². The zero-order valence-electron chi connectivity index (χ0n) is 20.9. The highest BCUT2D eigenvalue weighted by atomic mass is 35.5. The number of pyridine rings is 1. The number of fused-ring (bicyclic) bond motifs is 2. The van der Waals surface area contributed by atoms with E-state index >= 15 is 0 Å². The van der Waals surface area contributed by atoms with Crippen LogP contribution in [-0.2, 0) is 25.8 Å². The molecular weight excluding hydrogens is 570 g/mol. The number of halogens is 3. The van der Waals surface area contributed by atoms with Crippen LogP contribution in [0.15, 0.2) is 57.8 Å². The first-order valence-corrected chi connectivity index (χ1v) is 14.5. The third-order valence-corrected chi connectivity index (χ3v) is 8.53. The molecule has 2 N–H and O–H groups in total. The van der Waals surface area contributed by atoms with Crippen molar-refractivity contribution in [1.82, 2.24) is 15.0 Å². The third kappa shape index (κ3) is 5.22. The maximum Gasteiger partial charge on any atom is 0.296 e. The maximum atomic E-state index is 14.9. The molecule has 0 saturated carbocycles. The monoisotopic (exact) mass is 592 g/mol. The molecule has 2 aliphatic rings. The summed E-state index contributed by atoms with van der Waals surface area (Å²) in [6.45, 7) is -0.134. The molecule has 0 radical (unpaired) electrons. The summed E-state index contributed by atoms with van der Waals surface area (Å²) in [4.78, 5) is 11.9. The van der Waals surface area contributed by atoms with Gasteiger partial charge in [0.2, 0.25) is 5.88 Å². The molecule has 4 heterocycles. The van der Waals surface area contributed by atoms with Gasteiger partial charge in [-0.1, -0.05) is 29.8 Å². The Kier molecular flexibility index (Phi) is 7.09. The summed E-state index contributed by atoms with van der Waals surface area (Å²) in [6, 6.07) is 12.1. The molecule has 6 rings (SSSR count). The minimum atomic E-state index is -2.92. The average Bonchev–Trinajstić information content (AvgIpc) is 3.60. The molecule has 1 unspecified atom stereocenters. The van der Waals surface area contributed by atoms with Crippen molar-refractivity contribution in [3.05, 3.63) is 70.8 Å². The molecule has 10 nitrogen and oxygen atoms in total. The van der Waals surface area contributed by atoms with Gasteiger partial charge in [-0.25, -0.2) is 13.0 Å². The van der Waals surface area contributed by atoms with Crippen molar-refractivity contribution in [3.63, 3.8) is 0 Å². The number of hydrogen-bond acceptors (Lipinski definition) is 9. The SMILES string of the molecule is CS(=O)(=Nc1cc(F)c(COc2nc3[nH]c(O[C@@H]4CO[C@H]5[C@@H]4OC[C@H]5O)nc3cc2Cl)c(F)c1)c1ccccc1. The van der Waals surface area contributed by atoms with Crippen LogP contribution >= 0.6 is 11.6 Å². The van der Waals surface area contributed by atoms with Crippen molar-refractivity contribution in [2.45, 2.75) is 35.9 Å². The van der Waals surface area contributed by atoms with Crippen LogP contribution in [0.25, 0.3) is 11.2 Å². The van der Waals surface area contributed by atoms with Gasteiger partial charge in [-0.2, -0.15) is 14.3 Å². The van der Waals surface area contributed by atoms with Gasteiger partial charge >= 0.3 is 0 Å². The molecule has 2 aromatic heterocycles. The van der Waals surface area contributed by atoms with Crippen molar-refractivity contribution in [3.8, 4) is 11.9 Å². The fraction of sp³-hybridized carbons (Fsp3) is 0.308. The highest BCUT2D eigenvalue weighted by Gasteiger charge is 2.48. The van der Waals surface area contributed by atoms with E-state index in [4.69, 9.17) is 30.5 Å². The van der Waals surface area contributed by atoms with Crippen LogP contribution in [0, 0.1) is 11.6 Å². The molecule has 4 aromatic rings. The number of benzene rings is 2. The van der Waals surface area contributed by atoms with E-state index < -0.39 is 52.4 Å². The van der Waals surface area contributed by atoms with Gasteiger partial charge in [-0.05, 0) is 18.2 Å². The summed E-state index contributed by atoms with van der Waals surface area (Å²) in [5, 5.41) is 9.96. The Balaban J connectivity index is 1.18. The minimum absolute atomic E-state index is 0.0677. The smallest absolute Gasteiger partial charge is 0.296 e. The first-order chi connectivity index (χ1) is 19.2. The molecule has 0 aliphatic carbocycles. The molecule has 0 spiro atoms. The molecule has 40 heavy (non-hydrogen) atoms. The number of rotatable bonds is 7. The predicted molar refractivity (Wildman–Crippen MR) is 140 cm³/mol. The van der Waals surface area contributed by atoms with Crippen molar-refractivity contribution in [1.29, 1.82) is 0 Å². The van der Waals surface area contributed by atoms with Crippen molar-refractivity contribution in [2.24, 2.45) is 4.36 Å². The largest absolute Gasteiger partial charge is 0.471 e. The Bertz CT molecular complexity index is 1670. The summed E-state index contributed by atoms with van der Waals surface area (Å²) < 4.78 is 69.3. The number of imidazole rings is 1. The molecule has 2 saturated heterocycles. The van der Waals surface area contributed by atoms with Gasteiger partial charge in [0, 0.05) is 23.3 Å². The Morgan fingerprint density at radius 3 is 2.60 bits per heavy atom. The highest BCUT2D eigenvalue weighted by molar-refractivity contribution is 7.93. The number of aliphatic hydroxyl groups is 1. The number of nitrogens with one attached hydrogen (secondary N) is 1. The van der Waals surface area contributed by atoms with Gasteiger partial charge < -0.3 is 24.1 Å². The second-order valence-electron chi connectivity index (χ2n) is 9.39. The Hall–Kier alpha value is -3.36. The number of aliphatic hydroxyl groups excluding tert-OH is 1. The van der Waals surface area contributed by atoms with Crippen molar-refractivity contribution >= 4 is 38.2 Å². The van der Waals surface area contributed by atoms with Crippen LogP contribution in [0.2, 0.25) is 5.02 Å². The zero-order valence-corrected chi connectivity index (χ0v) is 22.5. The Morgan fingerprint density at radius 2 is 1.85 bits per heavy atom. The highest BCUT2D eigenvalue weighted by Crippen LogP contribution is 2.32. The van der Waals surface area contributed by atoms with E-state index in [0.717, 1.165) is 12.1 Å². The molecule has 210 valence electrons. The van der Waals surface area contributed by atoms with E-state index in [0.29, 0.717) is 10.4 Å². The number of nitrogens with zero attached hydrogens (tertiary/aromatic N) is 3. The van der Waals surface area contributed by atoms with E-state index in [2.05, 4.69) is 19.3 Å². The Labute approximate surface area is 232 Å². The van der Waals surface area contributed by atoms with Gasteiger partial charge in [0.1, 0.15) is 47.1 Å². The topological polar surface area (TPSA) is 128 Å². The summed E-state index contributed by atoms with van der Waals surface area (Å²) in [5.41, 5.74) is 0.169. The average molecular weight is 593 g/mol. The lowest BCUT2D eigenvalue weighted by molar-refractivity contribution is 0.00706. The first-order valence-electron chi connectivity index (χ1n) is 12.2. The molecule has 2 aliphatic heterocycles. The first kappa shape index (κ1) is 26.8. The number of H-pyrrole nitrogens is 1. The lowest BCUT2D eigenvalue weighted by atomic mass is 10.1. The second kappa shape index (κ2) is 10.6. The van der Waals surface area contributed by atoms with Crippen LogP contribution < -0.4 is 9.47 Å². The molecule has 2 aromatic carbocycles. The van der Waals surface area contributed by atoms with Crippen LogP contribution in [-0.4, -0.2) is 68.2 Å². The molecular formula is C26H23ClF2N4O6S. The van der Waals surface area contributed by atoms with Crippen LogP contribution in [0.3, 0.4) is 0 Å². The van der Waals surface area contributed by atoms with E-state index in [1.165, 1.54) is 12.3 Å². The van der Waals surface area contributed by atoms with Gasteiger partial charge in [0.25, 0.3) is 6.01 Å². The second-order valence-corrected chi connectivity index (χ2v) is 12.1. The lowest BCUT2D eigenvalue weighted by Gasteiger charge is -2.15. The third-order valence-electron chi connectivity index (χ3n) is 6.56. The summed E-state index contributed by atoms with van der Waals surface area (Å²) >= 11 is 6.29. The zero-order chi connectivity index (χ0) is 28.0. The fourth-order valence-electron chi connectivity index (χ4n) is 4.57. The maximum absolute atomic E-state index is 14.9. The van der Waals surface area contributed by atoms with E-state index in [9.17, 15) is 18.1 Å². The van der Waals surface area contributed by atoms with Crippen LogP contribution in [0.4, 0.5) is 14.5 Å². The van der Waals surface area contributed by atoms with Crippen molar-refractivity contribution in [2.75, 3.05) is 19.5 Å². The number of aromatic nitrogens is 3. The van der Waals surface area contributed by atoms with E-state index in [1.807, 2.05) is 0 Å². The van der Waals surface area contributed by atoms with Gasteiger partial charge in [-0.3, -0.25) is 4.98 Å². The number of hydrogen-bond donors (Lipinski definition) is 2. The molecule has 0 amide bonds. The molecule has 0 bridgehead atoms. The molecule has 14 heteroatoms. The summed E-state index contributed by atoms with van der Waals surface area (Å²) in [6.07, 6.45) is -0.679. The van der Waals surface area contributed by atoms with Crippen LogP contribution in [0.5, 0.6) is 11.9 Å². The molecule has 2 fully saturated rings. The van der Waals surface area contributed by atoms with Crippen molar-refractivity contribution < 1.29 is 37.0 Å². The fourth-order valence-corrected chi connectivity index (χ4v) is 6.05. The lowest BCUT2D eigenvalue weighted by Crippen LogP contribution is -2.34. The predicted octanol–water partition coefficient (Wildman–Crippen LogP) is 4.16. The summed E-state index contributed by atoms with van der Waals surface area (Å²) in [5.74, 6) is -1.93. The van der Waals surface area contributed by atoms with E-state index in [1.54, 1.807) is 30.3 Å². The van der Waals surface area contributed by atoms with Gasteiger partial charge in [0.05, 0.1) is 34.2 Å². The molecule has 5 atom stereocenters. The normalized spacial score (nSPS) is 23.6. The number of ether oxygens (including phenoxy) is 4. The minimum Gasteiger partial charge on any atom is -0.471 e. The van der Waals surface area contributed by atoms with Crippen LogP contribution in [0.1, 0.15) is 5.56 Å². The number of aromatic amines is 1. The van der Waals surface area contributed by atoms with Gasteiger partial charge in [0.15, 0.2) is 11.8 Å². The standard InChI is InChI=1S/C26H23ClF2N4O6S/c1-40(35,14-5-3-2-4-6-14)33-13-7-17(28)15(18(29)8-13)10-38-25-16(27)9-19-24(31-25)32-26(30-19)39-21-12-37-22-20(34)11-36-23(21)22/h2-9,20-23,34H,10-12H2,1H3,(H,30,31,32)/t20-,21-,22-,23-,40?/m1/s1. The Morgan fingerprint density at radius 1 is 1.12 bits per heavy atom. The quantitative estimate of drug-likeness (QED) is 0.327. The van der Waals surface area contributed by atoms with Gasteiger partial charge in [-0.15, -0.1) is 0 Å². The summed E-state index contributed by atoms with van der Waals surface area (Å²) in [7, 11) is -2.92.